The van der Waals surface area contributed by atoms with Crippen molar-refractivity contribution >= 4 is 15.9 Å². The second-order valence-electron chi connectivity index (χ2n) is 3.89. The van der Waals surface area contributed by atoms with Crippen molar-refractivity contribution in [2.24, 2.45) is 0 Å². The van der Waals surface area contributed by atoms with Gasteiger partial charge in [-0.1, -0.05) is 6.07 Å². The molecule has 0 saturated carbocycles. The molecular weight excluding hydrogens is 300 g/mol. The molecule has 0 aliphatic carbocycles. The van der Waals surface area contributed by atoms with Gasteiger partial charge >= 0.3 is 0 Å². The average Bonchev–Trinajstić information content (AvgIpc) is 2.35. The molecule has 0 amide bonds. The predicted molar refractivity (Wildman–Crippen MR) is 73.1 cm³/mol. The van der Waals surface area contributed by atoms with E-state index < -0.39 is 6.10 Å². The minimum Gasteiger partial charge on any atom is -0.496 e. The van der Waals surface area contributed by atoms with Crippen molar-refractivity contribution < 1.29 is 19.3 Å². The van der Waals surface area contributed by atoms with E-state index in [0.717, 1.165) is 15.8 Å². The molecule has 0 bridgehead atoms. The summed E-state index contributed by atoms with van der Waals surface area (Å²) in [5, 5.41) is 9.81. The zero-order valence-corrected chi connectivity index (χ0v) is 12.3. The zero-order valence-electron chi connectivity index (χ0n) is 10.7. The van der Waals surface area contributed by atoms with Crippen LogP contribution in [-0.4, -0.2) is 45.3 Å². The smallest absolute Gasteiger partial charge is 0.133 e. The first kappa shape index (κ1) is 15.4. The Morgan fingerprint density at radius 1 is 1.28 bits per heavy atom. The molecule has 1 rings (SSSR count). The number of rotatable bonds is 8. The van der Waals surface area contributed by atoms with E-state index >= 15 is 0 Å². The largest absolute Gasteiger partial charge is 0.496 e. The summed E-state index contributed by atoms with van der Waals surface area (Å²) in [4.78, 5) is 0. The number of benzene rings is 1. The Balaban J connectivity index is 2.39. The van der Waals surface area contributed by atoms with Crippen LogP contribution in [0.3, 0.4) is 0 Å². The van der Waals surface area contributed by atoms with Gasteiger partial charge in [0.05, 0.1) is 37.5 Å². The van der Waals surface area contributed by atoms with Crippen molar-refractivity contribution in [2.45, 2.75) is 12.5 Å². The summed E-state index contributed by atoms with van der Waals surface area (Å²) >= 11 is 3.42. The Kier molecular flexibility index (Phi) is 7.27. The van der Waals surface area contributed by atoms with Gasteiger partial charge in [-0.05, 0) is 33.6 Å². The summed E-state index contributed by atoms with van der Waals surface area (Å²) in [7, 11) is 3.24. The van der Waals surface area contributed by atoms with Gasteiger partial charge in [-0.25, -0.2) is 0 Å². The highest BCUT2D eigenvalue weighted by Gasteiger charge is 2.08. The maximum Gasteiger partial charge on any atom is 0.133 e. The lowest BCUT2D eigenvalue weighted by atomic mass is 10.1. The second-order valence-corrected chi connectivity index (χ2v) is 4.75. The Morgan fingerprint density at radius 2 is 2.06 bits per heavy atom. The van der Waals surface area contributed by atoms with E-state index in [4.69, 9.17) is 14.2 Å². The van der Waals surface area contributed by atoms with Gasteiger partial charge in [0.15, 0.2) is 0 Å². The van der Waals surface area contributed by atoms with Gasteiger partial charge in [0.25, 0.3) is 0 Å². The molecule has 1 atom stereocenters. The van der Waals surface area contributed by atoms with Crippen molar-refractivity contribution in [1.82, 2.24) is 0 Å². The standard InChI is InChI=1S/C13H19BrO4/c1-16-5-6-18-9-11(15)7-10-3-4-13(17-2)12(14)8-10/h3-4,8,11,15H,5-7,9H2,1-2H3. The number of aliphatic hydroxyl groups is 1. The average molecular weight is 319 g/mol. The molecule has 0 spiro atoms. The maximum absolute atomic E-state index is 9.81. The zero-order chi connectivity index (χ0) is 13.4. The SMILES string of the molecule is COCCOCC(O)Cc1ccc(OC)c(Br)c1. The van der Waals surface area contributed by atoms with Gasteiger partial charge in [-0.15, -0.1) is 0 Å². The van der Waals surface area contributed by atoms with Crippen LogP contribution in [0, 0.1) is 0 Å². The molecule has 0 radical (unpaired) electrons. The van der Waals surface area contributed by atoms with E-state index in [-0.39, 0.29) is 0 Å². The highest BCUT2D eigenvalue weighted by Crippen LogP contribution is 2.25. The number of hydrogen-bond donors (Lipinski definition) is 1. The number of aliphatic hydroxyl groups excluding tert-OH is 1. The molecule has 0 fully saturated rings. The number of halogens is 1. The molecule has 0 heterocycles. The predicted octanol–water partition coefficient (Wildman–Crippen LogP) is 2.02. The maximum atomic E-state index is 9.81. The van der Waals surface area contributed by atoms with Gasteiger partial charge in [0, 0.05) is 13.5 Å². The molecule has 102 valence electrons. The van der Waals surface area contributed by atoms with Gasteiger partial charge in [0.2, 0.25) is 0 Å². The third-order valence-corrected chi connectivity index (χ3v) is 3.05. The van der Waals surface area contributed by atoms with Gasteiger partial charge in [-0.2, -0.15) is 0 Å². The molecule has 1 N–H and O–H groups in total. The molecule has 0 aliphatic rings. The van der Waals surface area contributed by atoms with Crippen LogP contribution in [0.15, 0.2) is 22.7 Å². The molecule has 1 aromatic carbocycles. The minimum absolute atomic E-state index is 0.313. The third kappa shape index (κ3) is 5.35. The topological polar surface area (TPSA) is 47.9 Å². The van der Waals surface area contributed by atoms with E-state index in [1.165, 1.54) is 0 Å². The van der Waals surface area contributed by atoms with E-state index in [9.17, 15) is 5.11 Å². The van der Waals surface area contributed by atoms with E-state index in [2.05, 4.69) is 15.9 Å². The van der Waals surface area contributed by atoms with Crippen LogP contribution in [0.4, 0.5) is 0 Å². The summed E-state index contributed by atoms with van der Waals surface area (Å²) < 4.78 is 16.2. The van der Waals surface area contributed by atoms with Gasteiger partial charge in [0.1, 0.15) is 5.75 Å². The molecule has 0 aromatic heterocycles. The fraction of sp³-hybridized carbons (Fsp3) is 0.538. The van der Waals surface area contributed by atoms with Crippen molar-refractivity contribution in [2.75, 3.05) is 34.0 Å². The fourth-order valence-electron chi connectivity index (χ4n) is 1.53. The first-order valence-electron chi connectivity index (χ1n) is 5.74. The van der Waals surface area contributed by atoms with Crippen molar-refractivity contribution in [3.05, 3.63) is 28.2 Å². The van der Waals surface area contributed by atoms with Crippen molar-refractivity contribution in [3.63, 3.8) is 0 Å². The second kappa shape index (κ2) is 8.48. The number of hydrogen-bond acceptors (Lipinski definition) is 4. The summed E-state index contributed by atoms with van der Waals surface area (Å²) in [6.07, 6.45) is 0.0393. The number of methoxy groups -OCH3 is 2. The van der Waals surface area contributed by atoms with Crippen molar-refractivity contribution in [1.29, 1.82) is 0 Å². The Bertz CT molecular complexity index is 357. The third-order valence-electron chi connectivity index (χ3n) is 2.43. The highest BCUT2D eigenvalue weighted by molar-refractivity contribution is 9.10. The van der Waals surface area contributed by atoms with E-state index in [0.29, 0.717) is 26.2 Å². The first-order valence-corrected chi connectivity index (χ1v) is 6.53. The Hall–Kier alpha value is -0.620. The van der Waals surface area contributed by atoms with Crippen LogP contribution in [0.25, 0.3) is 0 Å². The first-order chi connectivity index (χ1) is 8.67. The fourth-order valence-corrected chi connectivity index (χ4v) is 2.12. The quantitative estimate of drug-likeness (QED) is 0.745. The van der Waals surface area contributed by atoms with Crippen LogP contribution >= 0.6 is 15.9 Å². The van der Waals surface area contributed by atoms with E-state index in [1.54, 1.807) is 14.2 Å². The normalized spacial score (nSPS) is 12.4. The summed E-state index contributed by atoms with van der Waals surface area (Å²) in [6, 6.07) is 5.75. The summed E-state index contributed by atoms with van der Waals surface area (Å²) in [6.45, 7) is 1.35. The Labute approximate surface area is 116 Å². The molecule has 0 saturated heterocycles. The molecular formula is C13H19BrO4. The van der Waals surface area contributed by atoms with Crippen LogP contribution in [0.1, 0.15) is 5.56 Å². The minimum atomic E-state index is -0.512. The molecule has 4 nitrogen and oxygen atoms in total. The molecule has 1 aromatic rings. The van der Waals surface area contributed by atoms with Crippen LogP contribution in [0.2, 0.25) is 0 Å². The van der Waals surface area contributed by atoms with Gasteiger partial charge < -0.3 is 19.3 Å². The monoisotopic (exact) mass is 318 g/mol. The summed E-state index contributed by atoms with van der Waals surface area (Å²) in [5.41, 5.74) is 1.03. The van der Waals surface area contributed by atoms with E-state index in [1.807, 2.05) is 18.2 Å². The van der Waals surface area contributed by atoms with Crippen LogP contribution in [0.5, 0.6) is 5.75 Å². The summed E-state index contributed by atoms with van der Waals surface area (Å²) in [5.74, 6) is 0.782. The lowest BCUT2D eigenvalue weighted by molar-refractivity contribution is 0.0137. The molecule has 18 heavy (non-hydrogen) atoms. The van der Waals surface area contributed by atoms with Crippen LogP contribution < -0.4 is 4.74 Å². The van der Waals surface area contributed by atoms with Gasteiger partial charge in [-0.3, -0.25) is 0 Å². The molecule has 5 heteroatoms. The molecule has 0 aliphatic heterocycles. The highest BCUT2D eigenvalue weighted by atomic mass is 79.9. The lowest BCUT2D eigenvalue weighted by Crippen LogP contribution is -2.19. The van der Waals surface area contributed by atoms with Crippen molar-refractivity contribution in [3.8, 4) is 5.75 Å². The Morgan fingerprint density at radius 3 is 2.67 bits per heavy atom. The molecule has 1 unspecified atom stereocenters. The van der Waals surface area contributed by atoms with Crippen LogP contribution in [-0.2, 0) is 15.9 Å². The number of ether oxygens (including phenoxy) is 3. The lowest BCUT2D eigenvalue weighted by Gasteiger charge is -2.12.